The summed E-state index contributed by atoms with van der Waals surface area (Å²) in [5.74, 6) is 1.21. The van der Waals surface area contributed by atoms with Crippen LogP contribution < -0.4 is 10.1 Å². The highest BCUT2D eigenvalue weighted by Gasteiger charge is 1.95. The van der Waals surface area contributed by atoms with Crippen molar-refractivity contribution in [2.24, 2.45) is 5.92 Å². The highest BCUT2D eigenvalue weighted by atomic mass is 19.1. The van der Waals surface area contributed by atoms with E-state index in [1.54, 1.807) is 12.1 Å². The Morgan fingerprint density at radius 1 is 1.18 bits per heavy atom. The molecule has 0 aromatic heterocycles. The second kappa shape index (κ2) is 8.07. The van der Waals surface area contributed by atoms with Crippen molar-refractivity contribution < 1.29 is 9.13 Å². The Labute approximate surface area is 103 Å². The lowest BCUT2D eigenvalue weighted by atomic mass is 10.2. The molecular formula is C14H22FNO. The molecule has 0 radical (unpaired) electrons. The van der Waals surface area contributed by atoms with Crippen LogP contribution in [0.5, 0.6) is 5.75 Å². The number of ether oxygens (including phenoxy) is 1. The Kier molecular flexibility index (Phi) is 6.63. The van der Waals surface area contributed by atoms with Gasteiger partial charge in [-0.15, -0.1) is 0 Å². The van der Waals surface area contributed by atoms with Crippen LogP contribution in [0.25, 0.3) is 0 Å². The van der Waals surface area contributed by atoms with Crippen LogP contribution in [0.4, 0.5) is 4.39 Å². The Morgan fingerprint density at radius 2 is 1.88 bits per heavy atom. The number of benzene rings is 1. The molecule has 0 aliphatic rings. The van der Waals surface area contributed by atoms with E-state index in [0.717, 1.165) is 31.7 Å². The van der Waals surface area contributed by atoms with Gasteiger partial charge >= 0.3 is 0 Å². The average Bonchev–Trinajstić information content (AvgIpc) is 2.30. The summed E-state index contributed by atoms with van der Waals surface area (Å²) in [4.78, 5) is 0. The summed E-state index contributed by atoms with van der Waals surface area (Å²) in [5, 5.41) is 3.39. The van der Waals surface area contributed by atoms with Crippen molar-refractivity contribution in [3.63, 3.8) is 0 Å². The van der Waals surface area contributed by atoms with E-state index in [0.29, 0.717) is 12.5 Å². The van der Waals surface area contributed by atoms with Gasteiger partial charge in [0.05, 0.1) is 6.61 Å². The molecule has 0 aliphatic heterocycles. The molecule has 2 nitrogen and oxygen atoms in total. The van der Waals surface area contributed by atoms with E-state index in [1.165, 1.54) is 12.1 Å². The zero-order valence-electron chi connectivity index (χ0n) is 10.7. The van der Waals surface area contributed by atoms with Gasteiger partial charge in [-0.05, 0) is 56.1 Å². The van der Waals surface area contributed by atoms with Crippen molar-refractivity contribution in [1.82, 2.24) is 5.32 Å². The van der Waals surface area contributed by atoms with E-state index in [-0.39, 0.29) is 5.82 Å². The highest BCUT2D eigenvalue weighted by molar-refractivity contribution is 5.21. The van der Waals surface area contributed by atoms with Crippen LogP contribution in [-0.4, -0.2) is 19.7 Å². The van der Waals surface area contributed by atoms with Crippen LogP contribution in [0, 0.1) is 11.7 Å². The van der Waals surface area contributed by atoms with Crippen LogP contribution in [-0.2, 0) is 0 Å². The Hall–Kier alpha value is -1.09. The summed E-state index contributed by atoms with van der Waals surface area (Å²) in [7, 11) is 0. The van der Waals surface area contributed by atoms with Crippen molar-refractivity contribution in [2.75, 3.05) is 19.7 Å². The van der Waals surface area contributed by atoms with Crippen molar-refractivity contribution in [3.8, 4) is 5.75 Å². The summed E-state index contributed by atoms with van der Waals surface area (Å²) in [6.07, 6.45) is 2.12. The van der Waals surface area contributed by atoms with Crippen molar-refractivity contribution in [1.29, 1.82) is 0 Å². The van der Waals surface area contributed by atoms with Gasteiger partial charge in [-0.3, -0.25) is 0 Å². The van der Waals surface area contributed by atoms with Gasteiger partial charge in [-0.2, -0.15) is 0 Å². The predicted octanol–water partition coefficient (Wildman–Crippen LogP) is 3.23. The zero-order chi connectivity index (χ0) is 12.5. The predicted molar refractivity (Wildman–Crippen MR) is 68.8 cm³/mol. The minimum absolute atomic E-state index is 0.227. The molecule has 0 saturated carbocycles. The second-order valence-electron chi connectivity index (χ2n) is 4.61. The van der Waals surface area contributed by atoms with E-state index >= 15 is 0 Å². The number of rotatable bonds is 8. The Morgan fingerprint density at radius 3 is 2.53 bits per heavy atom. The molecule has 0 atom stereocenters. The molecule has 0 spiro atoms. The van der Waals surface area contributed by atoms with Gasteiger partial charge in [0.25, 0.3) is 0 Å². The summed E-state index contributed by atoms with van der Waals surface area (Å²) in [5.41, 5.74) is 0. The van der Waals surface area contributed by atoms with Crippen molar-refractivity contribution in [2.45, 2.75) is 26.7 Å². The number of nitrogens with one attached hydrogen (secondary N) is 1. The maximum atomic E-state index is 12.6. The lowest BCUT2D eigenvalue weighted by Gasteiger charge is -2.08. The van der Waals surface area contributed by atoms with Gasteiger partial charge in [-0.25, -0.2) is 4.39 Å². The Bertz CT molecular complexity index is 298. The summed E-state index contributed by atoms with van der Waals surface area (Å²) in [6.45, 7) is 7.19. The first-order valence-electron chi connectivity index (χ1n) is 6.27. The summed E-state index contributed by atoms with van der Waals surface area (Å²) < 4.78 is 18.1. The minimum atomic E-state index is -0.227. The highest BCUT2D eigenvalue weighted by Crippen LogP contribution is 2.11. The number of unbranched alkanes of at least 4 members (excludes halogenated alkanes) is 1. The first kappa shape index (κ1) is 14.0. The van der Waals surface area contributed by atoms with Crippen LogP contribution >= 0.6 is 0 Å². The molecular weight excluding hydrogens is 217 g/mol. The molecule has 1 N–H and O–H groups in total. The summed E-state index contributed by atoms with van der Waals surface area (Å²) >= 11 is 0. The molecule has 1 aromatic carbocycles. The molecule has 0 amide bonds. The largest absolute Gasteiger partial charge is 0.494 e. The quantitative estimate of drug-likeness (QED) is 0.703. The van der Waals surface area contributed by atoms with Crippen LogP contribution in [0.1, 0.15) is 26.7 Å². The maximum Gasteiger partial charge on any atom is 0.123 e. The normalized spacial score (nSPS) is 10.8. The molecule has 0 heterocycles. The molecule has 1 aromatic rings. The number of hydrogen-bond acceptors (Lipinski definition) is 2. The van der Waals surface area contributed by atoms with Crippen LogP contribution in [0.3, 0.4) is 0 Å². The van der Waals surface area contributed by atoms with Gasteiger partial charge in [0.2, 0.25) is 0 Å². The van der Waals surface area contributed by atoms with Crippen LogP contribution in [0.15, 0.2) is 24.3 Å². The van der Waals surface area contributed by atoms with Crippen molar-refractivity contribution in [3.05, 3.63) is 30.1 Å². The lowest BCUT2D eigenvalue weighted by Crippen LogP contribution is -2.21. The van der Waals surface area contributed by atoms with Gasteiger partial charge in [0, 0.05) is 0 Å². The fraction of sp³-hybridized carbons (Fsp3) is 0.571. The van der Waals surface area contributed by atoms with Crippen LogP contribution in [0.2, 0.25) is 0 Å². The lowest BCUT2D eigenvalue weighted by molar-refractivity contribution is 0.305. The monoisotopic (exact) mass is 239 g/mol. The fourth-order valence-corrected chi connectivity index (χ4v) is 1.46. The molecule has 1 rings (SSSR count). The third-order valence-corrected chi connectivity index (χ3v) is 2.38. The number of halogens is 1. The van der Waals surface area contributed by atoms with Gasteiger partial charge in [0.15, 0.2) is 0 Å². The third-order valence-electron chi connectivity index (χ3n) is 2.38. The molecule has 17 heavy (non-hydrogen) atoms. The third kappa shape index (κ3) is 6.95. The summed E-state index contributed by atoms with van der Waals surface area (Å²) in [6, 6.07) is 6.15. The van der Waals surface area contributed by atoms with E-state index in [9.17, 15) is 4.39 Å². The van der Waals surface area contributed by atoms with E-state index in [2.05, 4.69) is 19.2 Å². The molecule has 96 valence electrons. The van der Waals surface area contributed by atoms with Gasteiger partial charge < -0.3 is 10.1 Å². The number of hydrogen-bond donors (Lipinski definition) is 1. The minimum Gasteiger partial charge on any atom is -0.494 e. The average molecular weight is 239 g/mol. The van der Waals surface area contributed by atoms with Crippen molar-refractivity contribution >= 4 is 0 Å². The molecule has 0 bridgehead atoms. The molecule has 3 heteroatoms. The van der Waals surface area contributed by atoms with Gasteiger partial charge in [0.1, 0.15) is 11.6 Å². The fourth-order valence-electron chi connectivity index (χ4n) is 1.46. The zero-order valence-corrected chi connectivity index (χ0v) is 10.7. The second-order valence-corrected chi connectivity index (χ2v) is 4.61. The molecule has 0 fully saturated rings. The Balaban J connectivity index is 1.99. The smallest absolute Gasteiger partial charge is 0.123 e. The van der Waals surface area contributed by atoms with E-state index in [1.807, 2.05) is 0 Å². The topological polar surface area (TPSA) is 21.3 Å². The molecule has 0 aliphatic carbocycles. The van der Waals surface area contributed by atoms with E-state index in [4.69, 9.17) is 4.74 Å². The standard InChI is InChI=1S/C14H22FNO/c1-12(2)11-16-9-3-4-10-17-14-7-5-13(15)6-8-14/h5-8,12,16H,3-4,9-11H2,1-2H3. The molecule has 0 saturated heterocycles. The first-order valence-corrected chi connectivity index (χ1v) is 6.27. The first-order chi connectivity index (χ1) is 8.18. The maximum absolute atomic E-state index is 12.6. The molecule has 0 unspecified atom stereocenters. The van der Waals surface area contributed by atoms with E-state index < -0.39 is 0 Å². The van der Waals surface area contributed by atoms with Gasteiger partial charge in [-0.1, -0.05) is 13.8 Å². The SMILES string of the molecule is CC(C)CNCCCCOc1ccc(F)cc1.